The summed E-state index contributed by atoms with van der Waals surface area (Å²) in [6.07, 6.45) is -0.889. The summed E-state index contributed by atoms with van der Waals surface area (Å²) in [7, 11) is 1.37. The molecule has 9 heteroatoms. The topological polar surface area (TPSA) is 64.6 Å². The fraction of sp³-hybridized carbons (Fsp3) is 0.429. The molecular weight excluding hydrogens is 419 g/mol. The highest BCUT2D eigenvalue weighted by molar-refractivity contribution is 7.12. The van der Waals surface area contributed by atoms with E-state index in [1.165, 1.54) is 42.7 Å². The van der Waals surface area contributed by atoms with Crippen LogP contribution in [-0.2, 0) is 9.53 Å². The molecule has 5 nitrogen and oxygen atoms in total. The Kier molecular flexibility index (Phi) is 7.02. The monoisotopic (exact) mass is 441 g/mol. The highest BCUT2D eigenvalue weighted by Crippen LogP contribution is 2.30. The van der Waals surface area contributed by atoms with E-state index in [1.54, 1.807) is 11.4 Å². The first-order valence-corrected chi connectivity index (χ1v) is 10.4. The van der Waals surface area contributed by atoms with Gasteiger partial charge in [0.25, 0.3) is 5.91 Å². The van der Waals surface area contributed by atoms with Crippen molar-refractivity contribution >= 4 is 23.2 Å². The Labute approximate surface area is 176 Å². The van der Waals surface area contributed by atoms with E-state index in [0.29, 0.717) is 16.9 Å². The molecule has 3 rings (SSSR count). The van der Waals surface area contributed by atoms with Gasteiger partial charge in [-0.1, -0.05) is 18.6 Å². The van der Waals surface area contributed by atoms with E-state index in [-0.39, 0.29) is 29.6 Å². The normalized spacial score (nSPS) is 19.2. The van der Waals surface area contributed by atoms with Crippen molar-refractivity contribution in [3.8, 4) is 16.9 Å². The van der Waals surface area contributed by atoms with Crippen LogP contribution in [0.2, 0.25) is 0 Å². The molecule has 1 aromatic carbocycles. The molecule has 0 spiro atoms. The molecule has 1 fully saturated rings. The average Bonchev–Trinajstić information content (AvgIpc) is 3.18. The van der Waals surface area contributed by atoms with Crippen molar-refractivity contribution in [3.05, 3.63) is 40.6 Å². The highest BCUT2D eigenvalue weighted by atomic mass is 32.1. The van der Waals surface area contributed by atoms with Crippen molar-refractivity contribution in [1.29, 1.82) is 0 Å². The quantitative estimate of drug-likeness (QED) is 0.629. The van der Waals surface area contributed by atoms with E-state index in [2.05, 4.69) is 10.1 Å². The number of alkyl halides is 3. The largest absolute Gasteiger partial charge is 0.573 e. The van der Waals surface area contributed by atoms with Crippen LogP contribution in [0.4, 0.5) is 13.2 Å². The number of rotatable bonds is 6. The zero-order chi connectivity index (χ0) is 21.7. The van der Waals surface area contributed by atoms with Crippen LogP contribution < -0.4 is 10.1 Å². The Morgan fingerprint density at radius 1 is 1.17 bits per heavy atom. The van der Waals surface area contributed by atoms with Gasteiger partial charge in [-0.3, -0.25) is 9.59 Å². The molecule has 1 amide bonds. The van der Waals surface area contributed by atoms with Crippen LogP contribution in [0.3, 0.4) is 0 Å². The lowest BCUT2D eigenvalue weighted by Gasteiger charge is -2.29. The third kappa shape index (κ3) is 6.22. The number of hydrogen-bond donors (Lipinski definition) is 1. The van der Waals surface area contributed by atoms with Gasteiger partial charge in [-0.25, -0.2) is 0 Å². The molecule has 0 saturated heterocycles. The van der Waals surface area contributed by atoms with Crippen molar-refractivity contribution in [2.45, 2.75) is 44.5 Å². The van der Waals surface area contributed by atoms with Gasteiger partial charge in [-0.05, 0) is 59.9 Å². The maximum atomic E-state index is 12.6. The van der Waals surface area contributed by atoms with E-state index in [9.17, 15) is 22.8 Å². The molecule has 0 unspecified atom stereocenters. The summed E-state index contributed by atoms with van der Waals surface area (Å²) in [5.74, 6) is -0.514. The van der Waals surface area contributed by atoms with Crippen LogP contribution in [0.15, 0.2) is 35.7 Å². The van der Waals surface area contributed by atoms with Gasteiger partial charge >= 0.3 is 12.3 Å². The van der Waals surface area contributed by atoms with E-state index in [1.807, 2.05) is 0 Å². The summed E-state index contributed by atoms with van der Waals surface area (Å²) in [4.78, 5) is 24.6. The number of nitrogens with one attached hydrogen (secondary N) is 1. The number of benzene rings is 1. The lowest BCUT2D eigenvalue weighted by molar-refractivity contribution is -0.274. The van der Waals surface area contributed by atoms with Crippen LogP contribution in [0.1, 0.15) is 41.8 Å². The minimum atomic E-state index is -4.73. The number of methoxy groups -OCH3 is 1. The summed E-state index contributed by atoms with van der Waals surface area (Å²) >= 11 is 1.27. The number of thiophene rings is 1. The maximum absolute atomic E-state index is 12.6. The van der Waals surface area contributed by atoms with Gasteiger partial charge in [0.2, 0.25) is 0 Å². The number of carbonyl (C=O) groups is 2. The molecule has 162 valence electrons. The summed E-state index contributed by atoms with van der Waals surface area (Å²) in [6.45, 7) is 0. The standard InChI is InChI=1S/C21H22F3NO4S/c1-28-19(26)10-13-3-2-4-16(9-13)25-20(27)18-11-15(12-30-18)14-5-7-17(8-6-14)29-21(22,23)24/h5-8,11-13,16H,2-4,9-10H2,1H3,(H,25,27)/t13-,16-/m1/s1. The molecule has 1 aliphatic carbocycles. The van der Waals surface area contributed by atoms with Gasteiger partial charge in [0.15, 0.2) is 0 Å². The summed E-state index contributed by atoms with van der Waals surface area (Å²) < 4.78 is 45.4. The van der Waals surface area contributed by atoms with Crippen molar-refractivity contribution in [3.63, 3.8) is 0 Å². The van der Waals surface area contributed by atoms with Gasteiger partial charge in [0.1, 0.15) is 5.75 Å². The smallest absolute Gasteiger partial charge is 0.469 e. The Balaban J connectivity index is 1.59. The molecule has 1 N–H and O–H groups in total. The van der Waals surface area contributed by atoms with E-state index < -0.39 is 6.36 Å². The molecule has 0 bridgehead atoms. The number of carbonyl (C=O) groups excluding carboxylic acids is 2. The third-order valence-electron chi connectivity index (χ3n) is 5.05. The molecule has 30 heavy (non-hydrogen) atoms. The van der Waals surface area contributed by atoms with Crippen molar-refractivity contribution in [2.24, 2.45) is 5.92 Å². The zero-order valence-corrected chi connectivity index (χ0v) is 17.1. The predicted octanol–water partition coefficient (Wildman–Crippen LogP) is 5.17. The summed E-state index contributed by atoms with van der Waals surface area (Å²) in [6, 6.07) is 7.24. The van der Waals surface area contributed by atoms with Crippen LogP contribution >= 0.6 is 11.3 Å². The SMILES string of the molecule is COC(=O)C[C@@H]1CCC[C@@H](NC(=O)c2cc(-c3ccc(OC(F)(F)F)cc3)cs2)C1. The van der Waals surface area contributed by atoms with Gasteiger partial charge in [0.05, 0.1) is 12.0 Å². The first-order valence-electron chi connectivity index (χ1n) is 9.56. The van der Waals surface area contributed by atoms with Crippen LogP contribution in [0.25, 0.3) is 11.1 Å². The number of halogens is 3. The molecule has 2 aromatic rings. The fourth-order valence-electron chi connectivity index (χ4n) is 3.64. The van der Waals surface area contributed by atoms with Crippen molar-refractivity contribution in [2.75, 3.05) is 7.11 Å². The molecule has 1 saturated carbocycles. The molecule has 0 radical (unpaired) electrons. The van der Waals surface area contributed by atoms with Gasteiger partial charge in [0, 0.05) is 12.5 Å². The molecular formula is C21H22F3NO4S. The lowest BCUT2D eigenvalue weighted by atomic mass is 9.84. The number of hydrogen-bond acceptors (Lipinski definition) is 5. The maximum Gasteiger partial charge on any atom is 0.573 e. The molecule has 1 aromatic heterocycles. The van der Waals surface area contributed by atoms with Gasteiger partial charge in [-0.2, -0.15) is 0 Å². The number of esters is 1. The Hall–Kier alpha value is -2.55. The predicted molar refractivity (Wildman–Crippen MR) is 106 cm³/mol. The minimum Gasteiger partial charge on any atom is -0.469 e. The number of ether oxygens (including phenoxy) is 2. The molecule has 1 heterocycles. The molecule has 0 aliphatic heterocycles. The fourth-order valence-corrected chi connectivity index (χ4v) is 4.46. The second kappa shape index (κ2) is 9.51. The molecule has 1 aliphatic rings. The van der Waals surface area contributed by atoms with Crippen LogP contribution in [0.5, 0.6) is 5.75 Å². The Bertz CT molecular complexity index is 879. The second-order valence-corrected chi connectivity index (χ2v) is 8.17. The van der Waals surface area contributed by atoms with E-state index >= 15 is 0 Å². The number of amides is 1. The van der Waals surface area contributed by atoms with Crippen LogP contribution in [-0.4, -0.2) is 31.4 Å². The second-order valence-electron chi connectivity index (χ2n) is 7.26. The molecule has 2 atom stereocenters. The van der Waals surface area contributed by atoms with E-state index in [0.717, 1.165) is 31.2 Å². The van der Waals surface area contributed by atoms with E-state index in [4.69, 9.17) is 4.74 Å². The summed E-state index contributed by atoms with van der Waals surface area (Å²) in [5.41, 5.74) is 1.44. The Morgan fingerprint density at radius 3 is 2.57 bits per heavy atom. The van der Waals surface area contributed by atoms with Gasteiger partial charge < -0.3 is 14.8 Å². The average molecular weight is 441 g/mol. The highest BCUT2D eigenvalue weighted by Gasteiger charge is 2.31. The van der Waals surface area contributed by atoms with Crippen LogP contribution in [0, 0.1) is 5.92 Å². The Morgan fingerprint density at radius 2 is 1.90 bits per heavy atom. The zero-order valence-electron chi connectivity index (χ0n) is 16.3. The van der Waals surface area contributed by atoms with Crippen molar-refractivity contribution < 1.29 is 32.2 Å². The van der Waals surface area contributed by atoms with Gasteiger partial charge in [-0.15, -0.1) is 24.5 Å². The first kappa shape index (κ1) is 22.1. The van der Waals surface area contributed by atoms with Crippen molar-refractivity contribution in [1.82, 2.24) is 5.32 Å². The summed E-state index contributed by atoms with van der Waals surface area (Å²) in [5, 5.41) is 4.82. The lowest BCUT2D eigenvalue weighted by Crippen LogP contribution is -2.38. The first-order chi connectivity index (χ1) is 14.2. The third-order valence-corrected chi connectivity index (χ3v) is 5.97. The minimum absolute atomic E-state index is 0.00487.